The van der Waals surface area contributed by atoms with Gasteiger partial charge in [-0.1, -0.05) is 30.3 Å². The number of hydrogen-bond donors (Lipinski definition) is 1. The SMILES string of the molecule is CC(=O)N(Cc1cc(N)ccc1N(C)C)[C@H](C)c1ccccc1. The maximum absolute atomic E-state index is 12.2. The molecule has 2 aromatic carbocycles. The summed E-state index contributed by atoms with van der Waals surface area (Å²) in [6.45, 7) is 4.20. The molecule has 0 radical (unpaired) electrons. The molecular weight excluding hydrogens is 286 g/mol. The van der Waals surface area contributed by atoms with Gasteiger partial charge in [0.05, 0.1) is 6.04 Å². The highest BCUT2D eigenvalue weighted by atomic mass is 16.2. The van der Waals surface area contributed by atoms with Crippen LogP contribution in [0.4, 0.5) is 11.4 Å². The Balaban J connectivity index is 2.34. The summed E-state index contributed by atoms with van der Waals surface area (Å²) in [4.78, 5) is 16.1. The van der Waals surface area contributed by atoms with E-state index >= 15 is 0 Å². The Morgan fingerprint density at radius 2 is 1.78 bits per heavy atom. The number of nitrogen functional groups attached to an aromatic ring is 1. The number of nitrogens with zero attached hydrogens (tertiary/aromatic N) is 2. The lowest BCUT2D eigenvalue weighted by atomic mass is 10.0. The quantitative estimate of drug-likeness (QED) is 0.861. The Morgan fingerprint density at radius 3 is 2.35 bits per heavy atom. The number of benzene rings is 2. The van der Waals surface area contributed by atoms with E-state index < -0.39 is 0 Å². The lowest BCUT2D eigenvalue weighted by Gasteiger charge is -2.30. The van der Waals surface area contributed by atoms with Gasteiger partial charge in [0.15, 0.2) is 0 Å². The highest BCUT2D eigenvalue weighted by Gasteiger charge is 2.20. The van der Waals surface area contributed by atoms with E-state index in [9.17, 15) is 4.79 Å². The molecule has 0 spiro atoms. The van der Waals surface area contributed by atoms with Crippen molar-refractivity contribution in [3.05, 3.63) is 59.7 Å². The topological polar surface area (TPSA) is 49.6 Å². The van der Waals surface area contributed by atoms with Gasteiger partial charge in [-0.2, -0.15) is 0 Å². The average Bonchev–Trinajstić information content (AvgIpc) is 2.52. The number of hydrogen-bond acceptors (Lipinski definition) is 3. The molecule has 0 bridgehead atoms. The normalized spacial score (nSPS) is 11.8. The summed E-state index contributed by atoms with van der Waals surface area (Å²) in [5, 5.41) is 0. The van der Waals surface area contributed by atoms with Gasteiger partial charge in [0, 0.05) is 38.9 Å². The van der Waals surface area contributed by atoms with Crippen LogP contribution >= 0.6 is 0 Å². The predicted octanol–water partition coefficient (Wildman–Crippen LogP) is 3.44. The highest BCUT2D eigenvalue weighted by molar-refractivity contribution is 5.74. The van der Waals surface area contributed by atoms with Crippen LogP contribution in [-0.4, -0.2) is 24.9 Å². The van der Waals surface area contributed by atoms with Crippen molar-refractivity contribution >= 4 is 17.3 Å². The number of carbonyl (C=O) groups excluding carboxylic acids is 1. The van der Waals surface area contributed by atoms with Crippen molar-refractivity contribution in [1.82, 2.24) is 4.90 Å². The van der Waals surface area contributed by atoms with Crippen molar-refractivity contribution in [2.45, 2.75) is 26.4 Å². The summed E-state index contributed by atoms with van der Waals surface area (Å²) in [7, 11) is 3.99. The van der Waals surface area contributed by atoms with Crippen LogP contribution in [0, 0.1) is 0 Å². The molecule has 2 aromatic rings. The highest BCUT2D eigenvalue weighted by Crippen LogP contribution is 2.27. The molecule has 0 saturated heterocycles. The number of nitrogens with two attached hydrogens (primary N) is 1. The Bertz CT molecular complexity index is 668. The van der Waals surface area contributed by atoms with Gasteiger partial charge in [-0.3, -0.25) is 4.79 Å². The van der Waals surface area contributed by atoms with E-state index in [1.807, 2.05) is 72.4 Å². The summed E-state index contributed by atoms with van der Waals surface area (Å²) in [6.07, 6.45) is 0. The van der Waals surface area contributed by atoms with Gasteiger partial charge < -0.3 is 15.5 Å². The van der Waals surface area contributed by atoms with Gasteiger partial charge in [-0.05, 0) is 36.2 Å². The lowest BCUT2D eigenvalue weighted by molar-refractivity contribution is -0.131. The molecule has 0 aromatic heterocycles. The molecule has 0 aliphatic heterocycles. The second kappa shape index (κ2) is 7.18. The van der Waals surface area contributed by atoms with Crippen molar-refractivity contribution in [2.75, 3.05) is 24.7 Å². The Labute approximate surface area is 138 Å². The molecule has 1 amide bonds. The first-order valence-electron chi connectivity index (χ1n) is 7.78. The first kappa shape index (κ1) is 16.9. The van der Waals surface area contributed by atoms with Crippen LogP contribution in [0.1, 0.15) is 31.0 Å². The smallest absolute Gasteiger partial charge is 0.220 e. The summed E-state index contributed by atoms with van der Waals surface area (Å²) in [6, 6.07) is 15.9. The minimum Gasteiger partial charge on any atom is -0.399 e. The number of anilines is 2. The third-order valence-corrected chi connectivity index (χ3v) is 4.08. The van der Waals surface area contributed by atoms with E-state index in [4.69, 9.17) is 5.73 Å². The van der Waals surface area contributed by atoms with E-state index in [1.165, 1.54) is 0 Å². The lowest BCUT2D eigenvalue weighted by Crippen LogP contribution is -2.31. The van der Waals surface area contributed by atoms with Crippen molar-refractivity contribution < 1.29 is 4.79 Å². The van der Waals surface area contributed by atoms with Crippen LogP contribution in [0.2, 0.25) is 0 Å². The van der Waals surface area contributed by atoms with E-state index in [1.54, 1.807) is 6.92 Å². The third kappa shape index (κ3) is 4.03. The van der Waals surface area contributed by atoms with E-state index in [-0.39, 0.29) is 11.9 Å². The minimum absolute atomic E-state index is 0.00476. The molecule has 2 N–H and O–H groups in total. The second-order valence-electron chi connectivity index (χ2n) is 6.02. The molecule has 1 atom stereocenters. The molecule has 4 heteroatoms. The monoisotopic (exact) mass is 311 g/mol. The minimum atomic E-state index is 0.00476. The zero-order chi connectivity index (χ0) is 17.0. The van der Waals surface area contributed by atoms with Crippen molar-refractivity contribution in [3.8, 4) is 0 Å². The Morgan fingerprint density at radius 1 is 1.13 bits per heavy atom. The third-order valence-electron chi connectivity index (χ3n) is 4.08. The second-order valence-corrected chi connectivity index (χ2v) is 6.02. The van der Waals surface area contributed by atoms with E-state index in [0.29, 0.717) is 12.2 Å². The van der Waals surface area contributed by atoms with Crippen LogP contribution in [0.5, 0.6) is 0 Å². The predicted molar refractivity (Wildman–Crippen MR) is 96.3 cm³/mol. The van der Waals surface area contributed by atoms with Crippen molar-refractivity contribution in [1.29, 1.82) is 0 Å². The molecule has 0 fully saturated rings. The molecule has 0 unspecified atom stereocenters. The largest absolute Gasteiger partial charge is 0.399 e. The van der Waals surface area contributed by atoms with Crippen LogP contribution in [0.25, 0.3) is 0 Å². The van der Waals surface area contributed by atoms with Crippen molar-refractivity contribution in [3.63, 3.8) is 0 Å². The van der Waals surface area contributed by atoms with Gasteiger partial charge in [0.1, 0.15) is 0 Å². The van der Waals surface area contributed by atoms with Gasteiger partial charge in [-0.15, -0.1) is 0 Å². The first-order valence-corrected chi connectivity index (χ1v) is 7.78. The van der Waals surface area contributed by atoms with Crippen molar-refractivity contribution in [2.24, 2.45) is 0 Å². The first-order chi connectivity index (χ1) is 10.9. The molecule has 0 heterocycles. The fourth-order valence-electron chi connectivity index (χ4n) is 2.78. The molecular formula is C19H25N3O. The molecule has 122 valence electrons. The summed E-state index contributed by atoms with van der Waals surface area (Å²) in [5.41, 5.74) is 9.90. The van der Waals surface area contributed by atoms with E-state index in [0.717, 1.165) is 16.8 Å². The van der Waals surface area contributed by atoms with Crippen LogP contribution in [0.15, 0.2) is 48.5 Å². The molecule has 0 aliphatic rings. The van der Waals surface area contributed by atoms with Gasteiger partial charge in [0.2, 0.25) is 5.91 Å². The number of carbonyl (C=O) groups is 1. The average molecular weight is 311 g/mol. The molecule has 4 nitrogen and oxygen atoms in total. The van der Waals surface area contributed by atoms with E-state index in [2.05, 4.69) is 6.92 Å². The fraction of sp³-hybridized carbons (Fsp3) is 0.316. The van der Waals surface area contributed by atoms with Crippen LogP contribution < -0.4 is 10.6 Å². The summed E-state index contributed by atoms with van der Waals surface area (Å²) in [5.74, 6) is 0.0495. The molecule has 0 aliphatic carbocycles. The zero-order valence-corrected chi connectivity index (χ0v) is 14.3. The molecule has 23 heavy (non-hydrogen) atoms. The molecule has 0 saturated carbocycles. The Hall–Kier alpha value is -2.49. The summed E-state index contributed by atoms with van der Waals surface area (Å²) < 4.78 is 0. The Kier molecular flexibility index (Phi) is 5.27. The summed E-state index contributed by atoms with van der Waals surface area (Å²) >= 11 is 0. The number of rotatable bonds is 5. The maximum Gasteiger partial charge on any atom is 0.220 e. The van der Waals surface area contributed by atoms with Gasteiger partial charge in [-0.25, -0.2) is 0 Å². The van der Waals surface area contributed by atoms with Crippen LogP contribution in [-0.2, 0) is 11.3 Å². The van der Waals surface area contributed by atoms with Crippen LogP contribution in [0.3, 0.4) is 0 Å². The number of amides is 1. The fourth-order valence-corrected chi connectivity index (χ4v) is 2.78. The standard InChI is InChI=1S/C19H25N3O/c1-14(16-8-6-5-7-9-16)22(15(2)23)13-17-12-18(20)10-11-19(17)21(3)4/h5-12,14H,13,20H2,1-4H3/t14-/m1/s1. The van der Waals surface area contributed by atoms with Gasteiger partial charge in [0.25, 0.3) is 0 Å². The maximum atomic E-state index is 12.2. The van der Waals surface area contributed by atoms with Gasteiger partial charge >= 0.3 is 0 Å². The zero-order valence-electron chi connectivity index (χ0n) is 14.3. The molecule has 2 rings (SSSR count).